The van der Waals surface area contributed by atoms with Gasteiger partial charge >= 0.3 is 6.61 Å². The van der Waals surface area contributed by atoms with Gasteiger partial charge in [0.1, 0.15) is 12.3 Å². The second kappa shape index (κ2) is 7.16. The van der Waals surface area contributed by atoms with Crippen LogP contribution in [0.1, 0.15) is 15.9 Å². The number of benzene rings is 2. The Labute approximate surface area is 142 Å². The van der Waals surface area contributed by atoms with E-state index in [-0.39, 0.29) is 18.1 Å². The Morgan fingerprint density at radius 1 is 1.16 bits per heavy atom. The monoisotopic (exact) mass is 344 g/mol. The third-order valence-corrected chi connectivity index (χ3v) is 3.53. The summed E-state index contributed by atoms with van der Waals surface area (Å²) in [7, 11) is 0. The van der Waals surface area contributed by atoms with Crippen LogP contribution < -0.4 is 4.74 Å². The third-order valence-electron chi connectivity index (χ3n) is 3.53. The number of ether oxygens (including phenoxy) is 1. The normalized spacial score (nSPS) is 10.9. The summed E-state index contributed by atoms with van der Waals surface area (Å²) in [6.07, 6.45) is 0. The molecule has 0 spiro atoms. The van der Waals surface area contributed by atoms with Gasteiger partial charge in [0.15, 0.2) is 5.78 Å². The summed E-state index contributed by atoms with van der Waals surface area (Å²) in [4.78, 5) is 13.4. The molecule has 0 aliphatic carbocycles. The number of rotatable bonds is 6. The molecule has 3 rings (SSSR count). The molecule has 3 aromatic rings. The Morgan fingerprint density at radius 2 is 1.88 bits per heavy atom. The van der Waals surface area contributed by atoms with Gasteiger partial charge in [-0.05, 0) is 42.0 Å². The Bertz CT molecular complexity index is 878. The first-order valence-corrected chi connectivity index (χ1v) is 7.45. The second-order valence-corrected chi connectivity index (χ2v) is 5.28. The number of hydrogen-bond donors (Lipinski definition) is 0. The molecule has 0 bridgehead atoms. The van der Waals surface area contributed by atoms with Gasteiger partial charge in [-0.2, -0.15) is 13.6 Å². The third kappa shape index (κ3) is 4.03. The van der Waals surface area contributed by atoms with Crippen LogP contribution in [0, 0.1) is 6.92 Å². The van der Waals surface area contributed by atoms with E-state index in [1.54, 1.807) is 0 Å². The van der Waals surface area contributed by atoms with E-state index in [0.717, 1.165) is 11.1 Å². The van der Waals surface area contributed by atoms with Gasteiger partial charge in [-0.25, -0.2) is 0 Å². The van der Waals surface area contributed by atoms with Crippen LogP contribution in [-0.4, -0.2) is 32.6 Å². The summed E-state index contributed by atoms with van der Waals surface area (Å²) in [5.74, 6) is 0.163. The number of aromatic nitrogens is 4. The lowest BCUT2D eigenvalue weighted by Crippen LogP contribution is -2.13. The molecular weight excluding hydrogens is 330 g/mol. The van der Waals surface area contributed by atoms with Gasteiger partial charge in [0.25, 0.3) is 0 Å². The number of hydrogen-bond acceptors (Lipinski definition) is 5. The molecular formula is C17H14F2N4O2. The van der Waals surface area contributed by atoms with Crippen molar-refractivity contribution in [1.29, 1.82) is 0 Å². The van der Waals surface area contributed by atoms with E-state index in [9.17, 15) is 13.6 Å². The highest BCUT2D eigenvalue weighted by atomic mass is 19.3. The predicted molar refractivity (Wildman–Crippen MR) is 85.4 cm³/mol. The number of nitrogens with zero attached hydrogens (tertiary/aromatic N) is 4. The maximum atomic E-state index is 12.2. The number of Topliss-reactive ketones (excluding diaryl/α,β-unsaturated/α-hetero) is 1. The van der Waals surface area contributed by atoms with Crippen LogP contribution >= 0.6 is 0 Å². The standard InChI is InChI=1S/C17H14F2N4O2/c1-11-4-2-3-5-14(11)16-20-22-23(21-16)10-15(24)12-6-8-13(9-7-12)25-17(18)19/h2-9,17H,10H2,1H3. The van der Waals surface area contributed by atoms with Gasteiger partial charge in [-0.15, -0.1) is 10.2 Å². The van der Waals surface area contributed by atoms with Gasteiger partial charge in [0, 0.05) is 11.1 Å². The van der Waals surface area contributed by atoms with Gasteiger partial charge in [0.05, 0.1) is 0 Å². The SMILES string of the molecule is Cc1ccccc1-c1nnn(CC(=O)c2ccc(OC(F)F)cc2)n1. The van der Waals surface area contributed by atoms with Crippen molar-refractivity contribution < 1.29 is 18.3 Å². The molecule has 0 atom stereocenters. The molecule has 0 saturated heterocycles. The Balaban J connectivity index is 1.70. The van der Waals surface area contributed by atoms with E-state index in [1.165, 1.54) is 29.1 Å². The van der Waals surface area contributed by atoms with Crippen molar-refractivity contribution in [2.24, 2.45) is 0 Å². The fourth-order valence-corrected chi connectivity index (χ4v) is 2.28. The minimum absolute atomic E-state index is 0.00716. The Kier molecular flexibility index (Phi) is 4.78. The molecule has 8 heteroatoms. The maximum Gasteiger partial charge on any atom is 0.387 e. The molecule has 25 heavy (non-hydrogen) atoms. The Morgan fingerprint density at radius 3 is 2.56 bits per heavy atom. The van der Waals surface area contributed by atoms with Crippen LogP contribution in [-0.2, 0) is 6.54 Å². The van der Waals surface area contributed by atoms with Crippen molar-refractivity contribution in [2.75, 3.05) is 0 Å². The van der Waals surface area contributed by atoms with Gasteiger partial charge in [0.2, 0.25) is 5.82 Å². The van der Waals surface area contributed by atoms with E-state index in [1.807, 2.05) is 31.2 Å². The van der Waals surface area contributed by atoms with E-state index >= 15 is 0 Å². The zero-order chi connectivity index (χ0) is 17.8. The number of carbonyl (C=O) groups excluding carboxylic acids is 1. The van der Waals surface area contributed by atoms with Crippen LogP contribution in [0.15, 0.2) is 48.5 Å². The molecule has 0 aliphatic heterocycles. The summed E-state index contributed by atoms with van der Waals surface area (Å²) >= 11 is 0. The van der Waals surface area contributed by atoms with E-state index < -0.39 is 6.61 Å². The number of tetrazole rings is 1. The molecule has 128 valence electrons. The summed E-state index contributed by atoms with van der Waals surface area (Å²) in [5.41, 5.74) is 2.19. The molecule has 6 nitrogen and oxygen atoms in total. The van der Waals surface area contributed by atoms with Crippen molar-refractivity contribution in [3.8, 4) is 17.1 Å². The van der Waals surface area contributed by atoms with Crippen molar-refractivity contribution in [1.82, 2.24) is 20.2 Å². The number of aryl methyl sites for hydroxylation is 1. The molecule has 0 aliphatic rings. The lowest BCUT2D eigenvalue weighted by molar-refractivity contribution is -0.0498. The topological polar surface area (TPSA) is 69.9 Å². The molecule has 0 fully saturated rings. The number of alkyl halides is 2. The van der Waals surface area contributed by atoms with Crippen LogP contribution in [0.4, 0.5) is 8.78 Å². The first-order chi connectivity index (χ1) is 12.0. The Hall–Kier alpha value is -3.16. The average molecular weight is 344 g/mol. The first-order valence-electron chi connectivity index (χ1n) is 7.45. The fraction of sp³-hybridized carbons (Fsp3) is 0.176. The fourth-order valence-electron chi connectivity index (χ4n) is 2.28. The highest BCUT2D eigenvalue weighted by molar-refractivity contribution is 5.95. The predicted octanol–water partition coefficient (Wildman–Crippen LogP) is 3.13. The molecule has 0 N–H and O–H groups in total. The smallest absolute Gasteiger partial charge is 0.387 e. The highest BCUT2D eigenvalue weighted by Gasteiger charge is 2.13. The number of halogens is 2. The van der Waals surface area contributed by atoms with Crippen LogP contribution in [0.3, 0.4) is 0 Å². The zero-order valence-corrected chi connectivity index (χ0v) is 13.3. The first kappa shape index (κ1) is 16.7. The molecule has 2 aromatic carbocycles. The lowest BCUT2D eigenvalue weighted by Gasteiger charge is -2.05. The maximum absolute atomic E-state index is 12.2. The van der Waals surface area contributed by atoms with Gasteiger partial charge in [-0.1, -0.05) is 24.3 Å². The van der Waals surface area contributed by atoms with Crippen molar-refractivity contribution >= 4 is 5.78 Å². The second-order valence-electron chi connectivity index (χ2n) is 5.28. The lowest BCUT2D eigenvalue weighted by atomic mass is 10.1. The molecule has 1 heterocycles. The summed E-state index contributed by atoms with van der Waals surface area (Å²) in [5, 5.41) is 12.1. The van der Waals surface area contributed by atoms with E-state index in [2.05, 4.69) is 20.1 Å². The minimum Gasteiger partial charge on any atom is -0.435 e. The highest BCUT2D eigenvalue weighted by Crippen LogP contribution is 2.18. The van der Waals surface area contributed by atoms with Crippen molar-refractivity contribution in [3.05, 3.63) is 59.7 Å². The van der Waals surface area contributed by atoms with Gasteiger partial charge in [-0.3, -0.25) is 4.79 Å². The summed E-state index contributed by atoms with van der Waals surface area (Å²) < 4.78 is 28.5. The molecule has 0 saturated carbocycles. The van der Waals surface area contributed by atoms with Crippen molar-refractivity contribution in [3.63, 3.8) is 0 Å². The molecule has 0 amide bonds. The molecule has 0 radical (unpaired) electrons. The quantitative estimate of drug-likeness (QED) is 0.643. The number of carbonyl (C=O) groups is 1. The minimum atomic E-state index is -2.90. The van der Waals surface area contributed by atoms with E-state index in [0.29, 0.717) is 11.4 Å². The summed E-state index contributed by atoms with van der Waals surface area (Å²) in [6, 6.07) is 13.0. The average Bonchev–Trinajstić information content (AvgIpc) is 3.03. The zero-order valence-electron chi connectivity index (χ0n) is 13.3. The van der Waals surface area contributed by atoms with Crippen LogP contribution in [0.5, 0.6) is 5.75 Å². The van der Waals surface area contributed by atoms with Crippen LogP contribution in [0.2, 0.25) is 0 Å². The molecule has 1 aromatic heterocycles. The summed E-state index contributed by atoms with van der Waals surface area (Å²) in [6.45, 7) is -1.07. The number of ketones is 1. The van der Waals surface area contributed by atoms with E-state index in [4.69, 9.17) is 0 Å². The van der Waals surface area contributed by atoms with Gasteiger partial charge < -0.3 is 4.74 Å². The largest absolute Gasteiger partial charge is 0.435 e. The van der Waals surface area contributed by atoms with Crippen molar-refractivity contribution in [2.45, 2.75) is 20.1 Å². The van der Waals surface area contributed by atoms with Crippen LogP contribution in [0.25, 0.3) is 11.4 Å². The molecule has 0 unspecified atom stereocenters.